The number of carbonyl (C=O) groups is 1. The maximum Gasteiger partial charge on any atom is 0.308 e. The van der Waals surface area contributed by atoms with E-state index in [0.717, 1.165) is 31.5 Å². The highest BCUT2D eigenvalue weighted by Crippen LogP contribution is 2.64. The molecule has 0 unspecified atom stereocenters. The first-order valence-corrected chi connectivity index (χ1v) is 10.9. The van der Waals surface area contributed by atoms with Gasteiger partial charge in [-0.3, -0.25) is 10.2 Å². The second kappa shape index (κ2) is 6.93. The number of nitrogens with one attached hydrogen (secondary N) is 2. The van der Waals surface area contributed by atoms with Gasteiger partial charge in [-0.1, -0.05) is 0 Å². The van der Waals surface area contributed by atoms with Crippen molar-refractivity contribution in [1.82, 2.24) is 19.6 Å². The third-order valence-corrected chi connectivity index (χ3v) is 7.56. The maximum absolute atomic E-state index is 14.7. The molecule has 4 aliphatic carbocycles. The molecule has 11 heteroatoms. The number of nitrogens with two attached hydrogens (primary N) is 1. The fourth-order valence-corrected chi connectivity index (χ4v) is 6.11. The number of carboxylic acids is 1. The lowest BCUT2D eigenvalue weighted by Crippen LogP contribution is -2.53. The van der Waals surface area contributed by atoms with Gasteiger partial charge in [-0.2, -0.15) is 0 Å². The van der Waals surface area contributed by atoms with Crippen molar-refractivity contribution in [1.29, 1.82) is 5.41 Å². The van der Waals surface area contributed by atoms with Crippen LogP contribution >= 0.6 is 0 Å². The van der Waals surface area contributed by atoms with E-state index in [4.69, 9.17) is 11.1 Å². The van der Waals surface area contributed by atoms with Gasteiger partial charge in [0.1, 0.15) is 22.9 Å². The van der Waals surface area contributed by atoms with E-state index in [0.29, 0.717) is 11.8 Å². The minimum Gasteiger partial charge on any atom is -0.481 e. The molecule has 0 amide bonds. The van der Waals surface area contributed by atoms with Gasteiger partial charge >= 0.3 is 5.97 Å². The van der Waals surface area contributed by atoms with Crippen LogP contribution in [0.15, 0.2) is 24.5 Å². The fraction of sp³-hybridized carbons (Fsp3) is 0.409. The molecule has 3 heterocycles. The summed E-state index contributed by atoms with van der Waals surface area (Å²) >= 11 is 0. The van der Waals surface area contributed by atoms with E-state index in [9.17, 15) is 18.7 Å². The first-order chi connectivity index (χ1) is 15.8. The van der Waals surface area contributed by atoms with Crippen LogP contribution in [0.1, 0.15) is 30.7 Å². The first kappa shape index (κ1) is 20.0. The molecule has 4 aliphatic rings. The zero-order valence-corrected chi connectivity index (χ0v) is 17.4. The van der Waals surface area contributed by atoms with Crippen LogP contribution in [0.4, 0.5) is 20.4 Å². The molecule has 0 saturated heterocycles. The average molecular weight is 453 g/mol. The van der Waals surface area contributed by atoms with Crippen molar-refractivity contribution >= 4 is 28.8 Å². The summed E-state index contributed by atoms with van der Waals surface area (Å²) in [5, 5.41) is 25.9. The van der Waals surface area contributed by atoms with E-state index in [1.165, 1.54) is 16.8 Å². The van der Waals surface area contributed by atoms with Crippen molar-refractivity contribution in [2.24, 2.45) is 29.6 Å². The van der Waals surface area contributed by atoms with Gasteiger partial charge in [-0.05, 0) is 55.1 Å². The maximum atomic E-state index is 14.7. The molecular formula is C22H21F2N7O2. The van der Waals surface area contributed by atoms with E-state index >= 15 is 0 Å². The normalized spacial score (nSPS) is 29.6. The highest BCUT2D eigenvalue weighted by atomic mass is 19.1. The summed E-state index contributed by atoms with van der Waals surface area (Å²) in [5.41, 5.74) is 5.62. The fourth-order valence-electron chi connectivity index (χ4n) is 6.11. The zero-order valence-electron chi connectivity index (χ0n) is 17.4. The Kier molecular flexibility index (Phi) is 4.20. The number of pyridine rings is 1. The second-order valence-corrected chi connectivity index (χ2v) is 9.20. The average Bonchev–Trinajstić information content (AvgIpc) is 3.53. The van der Waals surface area contributed by atoms with Crippen LogP contribution in [0.2, 0.25) is 0 Å². The Bertz CT molecular complexity index is 1330. The molecule has 2 bridgehead atoms. The van der Waals surface area contributed by atoms with Crippen LogP contribution < -0.4 is 11.1 Å². The van der Waals surface area contributed by atoms with Crippen LogP contribution in [-0.4, -0.2) is 42.4 Å². The van der Waals surface area contributed by atoms with Gasteiger partial charge in [0.2, 0.25) is 5.82 Å². The minimum atomic E-state index is -0.861. The molecule has 4 fully saturated rings. The predicted molar refractivity (Wildman–Crippen MR) is 114 cm³/mol. The molecule has 6 atom stereocenters. The standard InChI is InChI=1S/C22H21F2N7O2/c23-8-5-13(19(26)27-7-8)16(25)20-29-21(18-14(24)3-4-31(18)30-20)28-17-10-2-1-9(11-6-12(10)11)15(17)22(32)33/h3-5,7,9-12,15,17,25H,1-2,6H2,(H2,26,27)(H,32,33)(H,28,29,30)/t9-,10+,11-,12+,15-,17-/m0/s1. The Hall–Kier alpha value is -3.63. The van der Waals surface area contributed by atoms with Gasteiger partial charge in [-0.25, -0.2) is 23.3 Å². The van der Waals surface area contributed by atoms with Gasteiger partial charge in [0.15, 0.2) is 11.6 Å². The lowest BCUT2D eigenvalue weighted by Gasteiger charge is -2.46. The number of halogens is 2. The third-order valence-electron chi connectivity index (χ3n) is 7.56. The summed E-state index contributed by atoms with van der Waals surface area (Å²) in [5.74, 6) is -1.54. The van der Waals surface area contributed by atoms with Crippen molar-refractivity contribution in [2.45, 2.75) is 25.3 Å². The molecule has 3 aromatic rings. The lowest BCUT2D eigenvalue weighted by molar-refractivity contribution is -0.148. The number of fused-ring (bicyclic) bond motifs is 3. The van der Waals surface area contributed by atoms with Crippen LogP contribution in [0.3, 0.4) is 0 Å². The first-order valence-electron chi connectivity index (χ1n) is 10.9. The molecular weight excluding hydrogens is 432 g/mol. The summed E-state index contributed by atoms with van der Waals surface area (Å²) in [6.45, 7) is 0. The Morgan fingerprint density at radius 3 is 2.79 bits per heavy atom. The molecule has 4 saturated carbocycles. The van der Waals surface area contributed by atoms with Gasteiger partial charge in [-0.15, -0.1) is 5.10 Å². The van der Waals surface area contributed by atoms with Gasteiger partial charge in [0.05, 0.1) is 12.1 Å². The number of hydrogen-bond acceptors (Lipinski definition) is 7. The number of hydrogen-bond donors (Lipinski definition) is 4. The van der Waals surface area contributed by atoms with Crippen molar-refractivity contribution in [3.63, 3.8) is 0 Å². The molecule has 0 aromatic carbocycles. The van der Waals surface area contributed by atoms with Gasteiger partial charge < -0.3 is 16.2 Å². The number of carboxylic acid groups (broad SMARTS) is 1. The van der Waals surface area contributed by atoms with Crippen molar-refractivity contribution in [3.05, 3.63) is 47.5 Å². The number of aromatic nitrogens is 4. The molecule has 170 valence electrons. The predicted octanol–water partition coefficient (Wildman–Crippen LogP) is 2.56. The number of anilines is 2. The number of nitrogen functional groups attached to an aromatic ring is 1. The van der Waals surface area contributed by atoms with Crippen molar-refractivity contribution < 1.29 is 18.7 Å². The summed E-state index contributed by atoms with van der Waals surface area (Å²) in [4.78, 5) is 20.3. The molecule has 33 heavy (non-hydrogen) atoms. The Morgan fingerprint density at radius 1 is 1.24 bits per heavy atom. The van der Waals surface area contributed by atoms with Crippen LogP contribution in [-0.2, 0) is 4.79 Å². The number of nitrogens with zero attached hydrogens (tertiary/aromatic N) is 4. The van der Waals surface area contributed by atoms with Gasteiger partial charge in [0.25, 0.3) is 0 Å². The summed E-state index contributed by atoms with van der Waals surface area (Å²) in [6, 6.07) is 1.88. The highest BCUT2D eigenvalue weighted by molar-refractivity contribution is 6.11. The Morgan fingerprint density at radius 2 is 2.00 bits per heavy atom. The van der Waals surface area contributed by atoms with E-state index in [2.05, 4.69) is 20.4 Å². The van der Waals surface area contributed by atoms with Crippen LogP contribution in [0.25, 0.3) is 5.52 Å². The van der Waals surface area contributed by atoms with Gasteiger partial charge in [0, 0.05) is 17.8 Å². The second-order valence-electron chi connectivity index (χ2n) is 9.20. The summed E-state index contributed by atoms with van der Waals surface area (Å²) in [6.07, 6.45) is 5.19. The molecule has 3 aromatic heterocycles. The molecule has 9 nitrogen and oxygen atoms in total. The van der Waals surface area contributed by atoms with Crippen LogP contribution in [0.5, 0.6) is 0 Å². The van der Waals surface area contributed by atoms with E-state index in [-0.39, 0.29) is 46.1 Å². The van der Waals surface area contributed by atoms with E-state index in [1.54, 1.807) is 0 Å². The number of aliphatic carboxylic acids is 1. The van der Waals surface area contributed by atoms with Crippen molar-refractivity contribution in [2.75, 3.05) is 11.1 Å². The van der Waals surface area contributed by atoms with Crippen LogP contribution in [0, 0.1) is 46.6 Å². The zero-order chi connectivity index (χ0) is 23.0. The smallest absolute Gasteiger partial charge is 0.308 e. The van der Waals surface area contributed by atoms with E-state index < -0.39 is 29.6 Å². The molecule has 0 aliphatic heterocycles. The largest absolute Gasteiger partial charge is 0.481 e. The Labute approximate surface area is 186 Å². The molecule has 0 radical (unpaired) electrons. The minimum absolute atomic E-state index is 0.00823. The topological polar surface area (TPSA) is 142 Å². The molecule has 7 rings (SSSR count). The monoisotopic (exact) mass is 453 g/mol. The molecule has 0 spiro atoms. The highest BCUT2D eigenvalue weighted by Gasteiger charge is 2.63. The summed E-state index contributed by atoms with van der Waals surface area (Å²) in [7, 11) is 0. The van der Waals surface area contributed by atoms with Crippen molar-refractivity contribution in [3.8, 4) is 0 Å². The van der Waals surface area contributed by atoms with E-state index in [1.807, 2.05) is 0 Å². The lowest BCUT2D eigenvalue weighted by atomic mass is 9.61. The Balaban J connectivity index is 1.43. The summed E-state index contributed by atoms with van der Waals surface area (Å²) < 4.78 is 29.7. The quantitative estimate of drug-likeness (QED) is 0.435. The third kappa shape index (κ3) is 2.98. The SMILES string of the molecule is N=C(c1nc(N[C@H]2[C@@H]3CC[C@@H]([C@@H]4C[C@@H]43)[C@@H]2C(=O)O)c2c(F)ccn2n1)c1cc(F)cnc1N. The molecule has 5 N–H and O–H groups in total. The number of rotatable bonds is 5.